The van der Waals surface area contributed by atoms with Crippen LogP contribution in [0.15, 0.2) is 24.3 Å². The molecule has 1 N–H and O–H groups in total. The van der Waals surface area contributed by atoms with E-state index in [-0.39, 0.29) is 0 Å². The second-order valence-corrected chi connectivity index (χ2v) is 6.85. The molecule has 1 fully saturated rings. The monoisotopic (exact) mass is 357 g/mol. The van der Waals surface area contributed by atoms with Crippen LogP contribution in [0.2, 0.25) is 0 Å². The van der Waals surface area contributed by atoms with E-state index in [4.69, 9.17) is 0 Å². The van der Waals surface area contributed by atoms with Crippen LogP contribution in [0, 0.1) is 15.4 Å². The van der Waals surface area contributed by atoms with Crippen molar-refractivity contribution in [1.82, 2.24) is 5.32 Å². The van der Waals surface area contributed by atoms with Crippen molar-refractivity contribution in [2.75, 3.05) is 6.54 Å². The summed E-state index contributed by atoms with van der Waals surface area (Å²) in [5.74, 6) is 1.75. The van der Waals surface area contributed by atoms with Gasteiger partial charge in [-0.25, -0.2) is 0 Å². The third-order valence-electron chi connectivity index (χ3n) is 4.19. The minimum absolute atomic E-state index is 0.555. The smallest absolute Gasteiger partial charge is 0.0348 e. The van der Waals surface area contributed by atoms with Gasteiger partial charge in [-0.05, 0) is 71.5 Å². The van der Waals surface area contributed by atoms with Crippen LogP contribution in [0.25, 0.3) is 0 Å². The summed E-state index contributed by atoms with van der Waals surface area (Å²) in [6.45, 7) is 5.66. The second-order valence-electron chi connectivity index (χ2n) is 5.61. The fourth-order valence-corrected chi connectivity index (χ4v) is 3.43. The van der Waals surface area contributed by atoms with Gasteiger partial charge in [0, 0.05) is 9.61 Å². The molecule has 0 saturated heterocycles. The molecule has 1 atom stereocenters. The van der Waals surface area contributed by atoms with Crippen molar-refractivity contribution in [2.45, 2.75) is 45.6 Å². The average molecular weight is 357 g/mol. The highest BCUT2D eigenvalue weighted by Crippen LogP contribution is 2.36. The van der Waals surface area contributed by atoms with E-state index in [1.54, 1.807) is 0 Å². The molecule has 2 heteroatoms. The molecule has 0 spiro atoms. The number of benzene rings is 1. The Morgan fingerprint density at radius 1 is 1.17 bits per heavy atom. The third-order valence-corrected chi connectivity index (χ3v) is 4.90. The second kappa shape index (κ2) is 6.90. The van der Waals surface area contributed by atoms with E-state index in [1.807, 2.05) is 0 Å². The molecule has 1 unspecified atom stereocenters. The van der Waals surface area contributed by atoms with Crippen LogP contribution in [0.1, 0.15) is 51.1 Å². The molecule has 0 aromatic heterocycles. The van der Waals surface area contributed by atoms with Gasteiger partial charge in [0.25, 0.3) is 0 Å². The van der Waals surface area contributed by atoms with Gasteiger partial charge in [0.1, 0.15) is 0 Å². The molecule has 18 heavy (non-hydrogen) atoms. The molecule has 0 heterocycles. The predicted molar refractivity (Wildman–Crippen MR) is 86.7 cm³/mol. The lowest BCUT2D eigenvalue weighted by Crippen LogP contribution is -2.30. The highest BCUT2D eigenvalue weighted by Gasteiger charge is 2.26. The lowest BCUT2D eigenvalue weighted by Gasteiger charge is -2.33. The highest BCUT2D eigenvalue weighted by atomic mass is 127. The summed E-state index contributed by atoms with van der Waals surface area (Å²) in [4.78, 5) is 0. The molecule has 1 aromatic carbocycles. The van der Waals surface area contributed by atoms with Crippen molar-refractivity contribution in [1.29, 1.82) is 0 Å². The number of hydrogen-bond donors (Lipinski definition) is 1. The lowest BCUT2D eigenvalue weighted by molar-refractivity contribution is 0.233. The Hall–Kier alpha value is -0.0900. The van der Waals surface area contributed by atoms with Gasteiger partial charge >= 0.3 is 0 Å². The summed E-state index contributed by atoms with van der Waals surface area (Å²) in [6.07, 6.45) is 5.56. The zero-order chi connectivity index (χ0) is 13.0. The first kappa shape index (κ1) is 14.3. The van der Waals surface area contributed by atoms with Gasteiger partial charge < -0.3 is 5.32 Å². The van der Waals surface area contributed by atoms with Crippen molar-refractivity contribution >= 4 is 22.6 Å². The molecular formula is C16H24IN. The Labute approximate surface area is 125 Å². The van der Waals surface area contributed by atoms with Gasteiger partial charge in [0.2, 0.25) is 0 Å². The van der Waals surface area contributed by atoms with Crippen LogP contribution in [0.3, 0.4) is 0 Å². The lowest BCUT2D eigenvalue weighted by atomic mass is 9.77. The summed E-state index contributed by atoms with van der Waals surface area (Å²) >= 11 is 2.38. The van der Waals surface area contributed by atoms with Gasteiger partial charge in [-0.15, -0.1) is 0 Å². The zero-order valence-electron chi connectivity index (χ0n) is 11.5. The van der Waals surface area contributed by atoms with Crippen LogP contribution in [-0.4, -0.2) is 6.54 Å². The van der Waals surface area contributed by atoms with E-state index >= 15 is 0 Å². The number of nitrogens with one attached hydrogen (secondary N) is 1. The fraction of sp³-hybridized carbons (Fsp3) is 0.625. The maximum absolute atomic E-state index is 3.70. The van der Waals surface area contributed by atoms with Gasteiger partial charge in [0.05, 0.1) is 0 Å². The Morgan fingerprint density at radius 2 is 1.78 bits per heavy atom. The quantitative estimate of drug-likeness (QED) is 0.766. The van der Waals surface area contributed by atoms with Crippen molar-refractivity contribution in [3.8, 4) is 0 Å². The number of rotatable bonds is 4. The standard InChI is InChI=1S/C16H24IN/c1-3-18-16(13-6-4-12(2)5-7-13)14-8-10-15(17)11-9-14/h8-13,16,18H,3-7H2,1-2H3. The molecule has 0 bridgehead atoms. The summed E-state index contributed by atoms with van der Waals surface area (Å²) in [5, 5.41) is 3.70. The summed E-state index contributed by atoms with van der Waals surface area (Å²) in [5.41, 5.74) is 1.47. The summed E-state index contributed by atoms with van der Waals surface area (Å²) < 4.78 is 1.32. The summed E-state index contributed by atoms with van der Waals surface area (Å²) in [7, 11) is 0. The van der Waals surface area contributed by atoms with Gasteiger partial charge in [-0.1, -0.05) is 38.8 Å². The minimum Gasteiger partial charge on any atom is -0.310 e. The topological polar surface area (TPSA) is 12.0 Å². The highest BCUT2D eigenvalue weighted by molar-refractivity contribution is 14.1. The van der Waals surface area contributed by atoms with Gasteiger partial charge in [0.15, 0.2) is 0 Å². The van der Waals surface area contributed by atoms with Crippen LogP contribution in [-0.2, 0) is 0 Å². The van der Waals surface area contributed by atoms with Crippen molar-refractivity contribution in [3.63, 3.8) is 0 Å². The zero-order valence-corrected chi connectivity index (χ0v) is 13.6. The first-order valence-electron chi connectivity index (χ1n) is 7.19. The van der Waals surface area contributed by atoms with Gasteiger partial charge in [-0.2, -0.15) is 0 Å². The Kier molecular flexibility index (Phi) is 5.49. The third kappa shape index (κ3) is 3.70. The molecule has 0 amide bonds. The van der Waals surface area contributed by atoms with Crippen LogP contribution in [0.5, 0.6) is 0 Å². The molecule has 1 aliphatic carbocycles. The van der Waals surface area contributed by atoms with E-state index in [0.29, 0.717) is 6.04 Å². The van der Waals surface area contributed by atoms with Crippen LogP contribution in [0.4, 0.5) is 0 Å². The predicted octanol–water partition coefficient (Wildman–Crippen LogP) is 4.77. The molecule has 1 aromatic rings. The molecular weight excluding hydrogens is 333 g/mol. The van der Waals surface area contributed by atoms with Crippen molar-refractivity contribution < 1.29 is 0 Å². The molecule has 1 saturated carbocycles. The van der Waals surface area contributed by atoms with Crippen molar-refractivity contribution in [3.05, 3.63) is 33.4 Å². The minimum atomic E-state index is 0.555. The molecule has 1 aliphatic rings. The van der Waals surface area contributed by atoms with E-state index in [9.17, 15) is 0 Å². The molecule has 0 aliphatic heterocycles. The SMILES string of the molecule is CCNC(c1ccc(I)cc1)C1CCC(C)CC1. The average Bonchev–Trinajstić information content (AvgIpc) is 2.39. The first-order chi connectivity index (χ1) is 8.70. The van der Waals surface area contributed by atoms with E-state index in [1.165, 1.54) is 34.8 Å². The Morgan fingerprint density at radius 3 is 2.33 bits per heavy atom. The van der Waals surface area contributed by atoms with Crippen molar-refractivity contribution in [2.24, 2.45) is 11.8 Å². The Balaban J connectivity index is 2.09. The normalized spacial score (nSPS) is 25.9. The maximum Gasteiger partial charge on any atom is 0.0348 e. The molecule has 0 radical (unpaired) electrons. The first-order valence-corrected chi connectivity index (χ1v) is 8.27. The number of halogens is 1. The molecule has 1 nitrogen and oxygen atoms in total. The van der Waals surface area contributed by atoms with E-state index in [0.717, 1.165) is 18.4 Å². The Bertz CT molecular complexity index is 352. The largest absolute Gasteiger partial charge is 0.310 e. The van der Waals surface area contributed by atoms with E-state index in [2.05, 4.69) is 66.0 Å². The molecule has 2 rings (SSSR count). The number of hydrogen-bond acceptors (Lipinski definition) is 1. The fourth-order valence-electron chi connectivity index (χ4n) is 3.07. The van der Waals surface area contributed by atoms with E-state index < -0.39 is 0 Å². The summed E-state index contributed by atoms with van der Waals surface area (Å²) in [6, 6.07) is 9.61. The van der Waals surface area contributed by atoms with Crippen LogP contribution >= 0.6 is 22.6 Å². The van der Waals surface area contributed by atoms with Gasteiger partial charge in [-0.3, -0.25) is 0 Å². The molecule has 100 valence electrons. The van der Waals surface area contributed by atoms with Crippen LogP contribution < -0.4 is 5.32 Å². The maximum atomic E-state index is 3.70.